The predicted molar refractivity (Wildman–Crippen MR) is 84.4 cm³/mol. The van der Waals surface area contributed by atoms with Gasteiger partial charge in [-0.15, -0.1) is 0 Å². The van der Waals surface area contributed by atoms with Crippen LogP contribution in [0, 0.1) is 23.7 Å². The minimum Gasteiger partial charge on any atom is -0.303 e. The number of rotatable bonds is 5. The normalized spacial score (nSPS) is 30.9. The topological polar surface area (TPSA) is 3.24 Å². The van der Waals surface area contributed by atoms with Crippen molar-refractivity contribution in [1.29, 1.82) is 0 Å². The van der Waals surface area contributed by atoms with E-state index in [0.717, 1.165) is 23.7 Å². The van der Waals surface area contributed by atoms with Gasteiger partial charge in [0.2, 0.25) is 0 Å². The van der Waals surface area contributed by atoms with Crippen LogP contribution in [-0.4, -0.2) is 24.5 Å². The van der Waals surface area contributed by atoms with Crippen molar-refractivity contribution in [3.63, 3.8) is 0 Å². The van der Waals surface area contributed by atoms with Crippen molar-refractivity contribution >= 4 is 0 Å². The van der Waals surface area contributed by atoms with Crippen LogP contribution in [0.1, 0.15) is 72.1 Å². The molecule has 1 saturated carbocycles. The second-order valence-corrected chi connectivity index (χ2v) is 7.56. The monoisotopic (exact) mass is 265 g/mol. The van der Waals surface area contributed by atoms with Crippen molar-refractivity contribution in [2.75, 3.05) is 19.6 Å². The van der Waals surface area contributed by atoms with Gasteiger partial charge in [0.25, 0.3) is 0 Å². The number of likely N-dealkylation sites (tertiary alicyclic amines) is 1. The summed E-state index contributed by atoms with van der Waals surface area (Å²) in [5, 5.41) is 0. The van der Waals surface area contributed by atoms with E-state index in [2.05, 4.69) is 25.7 Å². The maximum Gasteiger partial charge on any atom is 0.000966 e. The average molecular weight is 265 g/mol. The van der Waals surface area contributed by atoms with E-state index in [0.29, 0.717) is 0 Å². The first-order chi connectivity index (χ1) is 9.19. The van der Waals surface area contributed by atoms with Gasteiger partial charge in [-0.3, -0.25) is 0 Å². The third kappa shape index (κ3) is 4.77. The van der Waals surface area contributed by atoms with Gasteiger partial charge in [0.1, 0.15) is 0 Å². The molecule has 19 heavy (non-hydrogen) atoms. The molecule has 2 rings (SSSR count). The zero-order chi connectivity index (χ0) is 13.7. The summed E-state index contributed by atoms with van der Waals surface area (Å²) < 4.78 is 0. The molecule has 1 saturated heterocycles. The maximum absolute atomic E-state index is 2.77. The van der Waals surface area contributed by atoms with E-state index < -0.39 is 0 Å². The highest BCUT2D eigenvalue weighted by molar-refractivity contribution is 4.79. The van der Waals surface area contributed by atoms with E-state index in [9.17, 15) is 0 Å². The molecular weight excluding hydrogens is 230 g/mol. The molecule has 2 fully saturated rings. The molecule has 0 aromatic rings. The second kappa shape index (κ2) is 7.67. The fourth-order valence-corrected chi connectivity index (χ4v) is 4.27. The van der Waals surface area contributed by atoms with Gasteiger partial charge >= 0.3 is 0 Å². The summed E-state index contributed by atoms with van der Waals surface area (Å²) in [7, 11) is 0. The number of hydrogen-bond donors (Lipinski definition) is 0. The van der Waals surface area contributed by atoms with Gasteiger partial charge in [-0.25, -0.2) is 0 Å². The number of piperidine rings is 1. The average Bonchev–Trinajstić information content (AvgIpc) is 2.42. The summed E-state index contributed by atoms with van der Waals surface area (Å²) in [5.41, 5.74) is 0. The highest BCUT2D eigenvalue weighted by Crippen LogP contribution is 2.34. The van der Waals surface area contributed by atoms with Gasteiger partial charge in [0.15, 0.2) is 0 Å². The van der Waals surface area contributed by atoms with Crippen molar-refractivity contribution in [2.45, 2.75) is 72.1 Å². The lowest BCUT2D eigenvalue weighted by Crippen LogP contribution is -2.38. The highest BCUT2D eigenvalue weighted by Gasteiger charge is 2.26. The SMILES string of the molecule is CCCC1CCN(CC2CCC(C(C)C)CC2)CC1. The highest BCUT2D eigenvalue weighted by atomic mass is 15.1. The zero-order valence-corrected chi connectivity index (χ0v) is 13.5. The molecule has 112 valence electrons. The third-order valence-electron chi connectivity index (χ3n) is 5.75. The van der Waals surface area contributed by atoms with E-state index in [-0.39, 0.29) is 0 Å². The van der Waals surface area contributed by atoms with Crippen LogP contribution in [0.3, 0.4) is 0 Å². The summed E-state index contributed by atoms with van der Waals surface area (Å²) in [6, 6.07) is 0. The molecule has 1 nitrogen and oxygen atoms in total. The molecular formula is C18H35N. The Hall–Kier alpha value is -0.0400. The van der Waals surface area contributed by atoms with Crippen LogP contribution in [0.4, 0.5) is 0 Å². The summed E-state index contributed by atoms with van der Waals surface area (Å²) in [6.45, 7) is 11.3. The first-order valence-electron chi connectivity index (χ1n) is 8.91. The van der Waals surface area contributed by atoms with Gasteiger partial charge in [-0.1, -0.05) is 33.6 Å². The van der Waals surface area contributed by atoms with E-state index >= 15 is 0 Å². The first kappa shape index (κ1) is 15.4. The molecule has 0 amide bonds. The molecule has 0 aromatic heterocycles. The fourth-order valence-electron chi connectivity index (χ4n) is 4.27. The van der Waals surface area contributed by atoms with Crippen LogP contribution in [0.5, 0.6) is 0 Å². The lowest BCUT2D eigenvalue weighted by atomic mass is 9.76. The molecule has 0 radical (unpaired) electrons. The molecule has 0 atom stereocenters. The van der Waals surface area contributed by atoms with Gasteiger partial charge in [-0.2, -0.15) is 0 Å². The van der Waals surface area contributed by atoms with Crippen LogP contribution in [0.2, 0.25) is 0 Å². The standard InChI is InChI=1S/C18H35N/c1-4-5-16-10-12-19(13-11-16)14-17-6-8-18(9-7-17)15(2)3/h15-18H,4-14H2,1-3H3. The summed E-state index contributed by atoms with van der Waals surface area (Å²) >= 11 is 0. The molecule has 0 bridgehead atoms. The number of hydrogen-bond acceptors (Lipinski definition) is 1. The summed E-state index contributed by atoms with van der Waals surface area (Å²) in [5.74, 6) is 3.98. The Bertz CT molecular complexity index is 232. The van der Waals surface area contributed by atoms with Gasteiger partial charge in [0.05, 0.1) is 0 Å². The molecule has 0 N–H and O–H groups in total. The fraction of sp³-hybridized carbons (Fsp3) is 1.00. The minimum atomic E-state index is 0.908. The van der Waals surface area contributed by atoms with Crippen LogP contribution >= 0.6 is 0 Å². The Balaban J connectivity index is 1.64. The van der Waals surface area contributed by atoms with E-state index in [4.69, 9.17) is 0 Å². The quantitative estimate of drug-likeness (QED) is 0.679. The lowest BCUT2D eigenvalue weighted by Gasteiger charge is -2.37. The Morgan fingerprint density at radius 3 is 2.05 bits per heavy atom. The van der Waals surface area contributed by atoms with Gasteiger partial charge in [-0.05, 0) is 75.3 Å². The minimum absolute atomic E-state index is 0.908. The maximum atomic E-state index is 2.77. The molecule has 1 aliphatic heterocycles. The molecule has 0 aromatic carbocycles. The van der Waals surface area contributed by atoms with E-state index in [1.54, 1.807) is 0 Å². The summed E-state index contributed by atoms with van der Waals surface area (Å²) in [6.07, 6.45) is 11.8. The lowest BCUT2D eigenvalue weighted by molar-refractivity contribution is 0.126. The Morgan fingerprint density at radius 1 is 0.895 bits per heavy atom. The third-order valence-corrected chi connectivity index (χ3v) is 5.75. The molecule has 1 heterocycles. The molecule has 1 aliphatic carbocycles. The van der Waals surface area contributed by atoms with Gasteiger partial charge in [0, 0.05) is 6.54 Å². The molecule has 1 heteroatoms. The van der Waals surface area contributed by atoms with Crippen molar-refractivity contribution in [1.82, 2.24) is 4.90 Å². The second-order valence-electron chi connectivity index (χ2n) is 7.56. The first-order valence-corrected chi connectivity index (χ1v) is 8.91. The molecule has 2 aliphatic rings. The van der Waals surface area contributed by atoms with Crippen molar-refractivity contribution in [3.8, 4) is 0 Å². The molecule has 0 unspecified atom stereocenters. The van der Waals surface area contributed by atoms with E-state index in [1.807, 2.05) is 0 Å². The van der Waals surface area contributed by atoms with Gasteiger partial charge < -0.3 is 4.90 Å². The molecule has 0 spiro atoms. The van der Waals surface area contributed by atoms with Crippen molar-refractivity contribution in [2.24, 2.45) is 23.7 Å². The van der Waals surface area contributed by atoms with Crippen LogP contribution < -0.4 is 0 Å². The number of nitrogens with zero attached hydrogens (tertiary/aromatic N) is 1. The Kier molecular flexibility index (Phi) is 6.19. The van der Waals surface area contributed by atoms with Crippen LogP contribution in [-0.2, 0) is 0 Å². The Labute approximate surface area is 121 Å². The zero-order valence-electron chi connectivity index (χ0n) is 13.5. The predicted octanol–water partition coefficient (Wildman–Crippen LogP) is 4.96. The van der Waals surface area contributed by atoms with Crippen LogP contribution in [0.15, 0.2) is 0 Å². The largest absolute Gasteiger partial charge is 0.303 e. The smallest absolute Gasteiger partial charge is 0.000966 e. The van der Waals surface area contributed by atoms with Crippen LogP contribution in [0.25, 0.3) is 0 Å². The van der Waals surface area contributed by atoms with Crippen molar-refractivity contribution in [3.05, 3.63) is 0 Å². The van der Waals surface area contributed by atoms with Crippen molar-refractivity contribution < 1.29 is 0 Å². The summed E-state index contributed by atoms with van der Waals surface area (Å²) in [4.78, 5) is 2.77. The Morgan fingerprint density at radius 2 is 1.53 bits per heavy atom. The van der Waals surface area contributed by atoms with E-state index in [1.165, 1.54) is 71.0 Å².